The summed E-state index contributed by atoms with van der Waals surface area (Å²) in [5, 5.41) is 3.37. The smallest absolute Gasteiger partial charge is 0.163 e. The van der Waals surface area contributed by atoms with Gasteiger partial charge in [-0.3, -0.25) is 0 Å². The molecule has 0 aromatic heterocycles. The normalized spacial score (nSPS) is 12.4. The lowest BCUT2D eigenvalue weighted by Crippen LogP contribution is -2.24. The number of likely N-dealkylation sites (N-methyl/N-ethyl adjacent to an activating group) is 1. The quantitative estimate of drug-likeness (QED) is 0.847. The molecule has 0 heterocycles. The summed E-state index contributed by atoms with van der Waals surface area (Å²) in [6.07, 6.45) is 0.341. The van der Waals surface area contributed by atoms with E-state index in [4.69, 9.17) is 11.6 Å². The molecule has 0 amide bonds. The summed E-state index contributed by atoms with van der Waals surface area (Å²) >= 11 is 6.00. The van der Waals surface area contributed by atoms with Crippen molar-refractivity contribution in [2.75, 3.05) is 6.54 Å². The molecule has 2 aromatic carbocycles. The summed E-state index contributed by atoms with van der Waals surface area (Å²) < 4.78 is 40.4. The fourth-order valence-corrected chi connectivity index (χ4v) is 2.48. The van der Waals surface area contributed by atoms with Crippen LogP contribution in [0.1, 0.15) is 24.1 Å². The number of nitrogens with one attached hydrogen (secondary N) is 1. The summed E-state index contributed by atoms with van der Waals surface area (Å²) in [7, 11) is 0. The van der Waals surface area contributed by atoms with Gasteiger partial charge in [0.1, 0.15) is 5.82 Å². The summed E-state index contributed by atoms with van der Waals surface area (Å²) in [6.45, 7) is 2.45. The van der Waals surface area contributed by atoms with Gasteiger partial charge in [0.25, 0.3) is 0 Å². The molecule has 21 heavy (non-hydrogen) atoms. The molecule has 112 valence electrons. The van der Waals surface area contributed by atoms with Crippen molar-refractivity contribution >= 4 is 11.6 Å². The highest BCUT2D eigenvalue weighted by Crippen LogP contribution is 2.26. The van der Waals surface area contributed by atoms with Gasteiger partial charge < -0.3 is 5.32 Å². The van der Waals surface area contributed by atoms with E-state index in [1.165, 1.54) is 24.3 Å². The van der Waals surface area contributed by atoms with Crippen LogP contribution in [-0.2, 0) is 6.42 Å². The first kappa shape index (κ1) is 15.9. The molecule has 1 atom stereocenters. The minimum atomic E-state index is -0.888. The number of hydrogen-bond donors (Lipinski definition) is 1. The van der Waals surface area contributed by atoms with Crippen molar-refractivity contribution in [2.24, 2.45) is 0 Å². The molecule has 5 heteroatoms. The predicted octanol–water partition coefficient (Wildman–Crippen LogP) is 4.65. The number of rotatable bonds is 5. The van der Waals surface area contributed by atoms with Gasteiger partial charge in [-0.15, -0.1) is 0 Å². The maximum absolute atomic E-state index is 13.9. The molecule has 0 aliphatic rings. The Morgan fingerprint density at radius 3 is 2.57 bits per heavy atom. The van der Waals surface area contributed by atoms with Gasteiger partial charge in [-0.1, -0.05) is 36.7 Å². The van der Waals surface area contributed by atoms with Gasteiger partial charge in [-0.25, -0.2) is 13.2 Å². The first-order valence-electron chi connectivity index (χ1n) is 6.64. The molecule has 0 saturated carbocycles. The van der Waals surface area contributed by atoms with E-state index in [-0.39, 0.29) is 10.6 Å². The van der Waals surface area contributed by atoms with Crippen LogP contribution in [0.5, 0.6) is 0 Å². The maximum atomic E-state index is 13.9. The van der Waals surface area contributed by atoms with E-state index >= 15 is 0 Å². The third-order valence-corrected chi connectivity index (χ3v) is 3.60. The second-order valence-corrected chi connectivity index (χ2v) is 5.10. The SMILES string of the molecule is CCNC(Cc1ccc(F)cc1Cl)c1cccc(F)c1F. The van der Waals surface area contributed by atoms with Crippen LogP contribution in [0.15, 0.2) is 36.4 Å². The Morgan fingerprint density at radius 1 is 1.14 bits per heavy atom. The van der Waals surface area contributed by atoms with Crippen molar-refractivity contribution in [2.45, 2.75) is 19.4 Å². The zero-order valence-corrected chi connectivity index (χ0v) is 12.2. The Labute approximate surface area is 126 Å². The number of halogens is 4. The fraction of sp³-hybridized carbons (Fsp3) is 0.250. The minimum absolute atomic E-state index is 0.234. The van der Waals surface area contributed by atoms with Gasteiger partial charge in [0.15, 0.2) is 11.6 Å². The van der Waals surface area contributed by atoms with Crippen LogP contribution in [0.3, 0.4) is 0 Å². The lowest BCUT2D eigenvalue weighted by Gasteiger charge is -2.20. The molecular weight excluding hydrogens is 299 g/mol. The number of benzene rings is 2. The molecule has 0 aliphatic heterocycles. The predicted molar refractivity (Wildman–Crippen MR) is 77.9 cm³/mol. The molecule has 1 nitrogen and oxygen atoms in total. The van der Waals surface area contributed by atoms with E-state index in [0.717, 1.165) is 6.07 Å². The van der Waals surface area contributed by atoms with Crippen LogP contribution < -0.4 is 5.32 Å². The van der Waals surface area contributed by atoms with Crippen molar-refractivity contribution in [3.05, 3.63) is 70.0 Å². The van der Waals surface area contributed by atoms with Gasteiger partial charge in [-0.2, -0.15) is 0 Å². The zero-order valence-electron chi connectivity index (χ0n) is 11.5. The van der Waals surface area contributed by atoms with Crippen LogP contribution in [-0.4, -0.2) is 6.54 Å². The second kappa shape index (κ2) is 6.96. The minimum Gasteiger partial charge on any atom is -0.310 e. The Kier molecular flexibility index (Phi) is 5.26. The van der Waals surface area contributed by atoms with E-state index in [1.54, 1.807) is 6.07 Å². The molecule has 0 saturated heterocycles. The highest BCUT2D eigenvalue weighted by Gasteiger charge is 2.19. The van der Waals surface area contributed by atoms with E-state index in [1.807, 2.05) is 6.92 Å². The largest absolute Gasteiger partial charge is 0.310 e. The van der Waals surface area contributed by atoms with Crippen LogP contribution in [0.25, 0.3) is 0 Å². The van der Waals surface area contributed by atoms with E-state index in [2.05, 4.69) is 5.32 Å². The molecule has 0 spiro atoms. The molecule has 1 N–H and O–H groups in total. The fourth-order valence-electron chi connectivity index (χ4n) is 2.24. The lowest BCUT2D eigenvalue weighted by molar-refractivity contribution is 0.464. The summed E-state index contributed by atoms with van der Waals surface area (Å²) in [5.74, 6) is -2.19. The maximum Gasteiger partial charge on any atom is 0.163 e. The highest BCUT2D eigenvalue weighted by molar-refractivity contribution is 6.31. The average Bonchev–Trinajstić information content (AvgIpc) is 2.44. The third-order valence-electron chi connectivity index (χ3n) is 3.25. The van der Waals surface area contributed by atoms with Crippen molar-refractivity contribution in [3.63, 3.8) is 0 Å². The topological polar surface area (TPSA) is 12.0 Å². The van der Waals surface area contributed by atoms with Crippen LogP contribution >= 0.6 is 11.6 Å². The van der Waals surface area contributed by atoms with Crippen LogP contribution in [0, 0.1) is 17.5 Å². The van der Waals surface area contributed by atoms with Gasteiger partial charge in [-0.05, 0) is 36.7 Å². The summed E-state index contributed by atoms with van der Waals surface area (Å²) in [4.78, 5) is 0. The van der Waals surface area contributed by atoms with Gasteiger partial charge >= 0.3 is 0 Å². The monoisotopic (exact) mass is 313 g/mol. The standard InChI is InChI=1S/C16H15ClF3N/c1-2-21-15(12-4-3-5-14(19)16(12)20)8-10-6-7-11(18)9-13(10)17/h3-7,9,15,21H,2,8H2,1H3. The Hall–Kier alpha value is -1.52. The van der Waals surface area contributed by atoms with Gasteiger partial charge in [0, 0.05) is 16.6 Å². The molecule has 0 fully saturated rings. The summed E-state index contributed by atoms with van der Waals surface area (Å²) in [6, 6.07) is 7.70. The lowest BCUT2D eigenvalue weighted by atomic mass is 9.98. The van der Waals surface area contributed by atoms with Gasteiger partial charge in [0.05, 0.1) is 0 Å². The van der Waals surface area contributed by atoms with Crippen molar-refractivity contribution in [1.29, 1.82) is 0 Å². The molecule has 0 radical (unpaired) electrons. The second-order valence-electron chi connectivity index (χ2n) is 4.69. The van der Waals surface area contributed by atoms with E-state index < -0.39 is 23.5 Å². The van der Waals surface area contributed by atoms with E-state index in [9.17, 15) is 13.2 Å². The van der Waals surface area contributed by atoms with Crippen LogP contribution in [0.2, 0.25) is 5.02 Å². The van der Waals surface area contributed by atoms with Crippen LogP contribution in [0.4, 0.5) is 13.2 Å². The molecule has 1 unspecified atom stereocenters. The summed E-state index contributed by atoms with van der Waals surface area (Å²) in [5.41, 5.74) is 0.907. The Balaban J connectivity index is 2.33. The average molecular weight is 314 g/mol. The van der Waals surface area contributed by atoms with Crippen molar-refractivity contribution in [3.8, 4) is 0 Å². The van der Waals surface area contributed by atoms with E-state index in [0.29, 0.717) is 18.5 Å². The van der Waals surface area contributed by atoms with Gasteiger partial charge in [0.2, 0.25) is 0 Å². The first-order valence-corrected chi connectivity index (χ1v) is 7.02. The third kappa shape index (κ3) is 3.77. The Morgan fingerprint density at radius 2 is 1.90 bits per heavy atom. The zero-order chi connectivity index (χ0) is 15.4. The Bertz CT molecular complexity index is 631. The number of hydrogen-bond acceptors (Lipinski definition) is 1. The first-order chi connectivity index (χ1) is 10.0. The molecular formula is C16H15ClF3N. The molecule has 0 aliphatic carbocycles. The molecule has 0 bridgehead atoms. The molecule has 2 rings (SSSR count). The molecule has 2 aromatic rings. The highest BCUT2D eigenvalue weighted by atomic mass is 35.5. The van der Waals surface area contributed by atoms with Crippen molar-refractivity contribution < 1.29 is 13.2 Å². The van der Waals surface area contributed by atoms with Crippen molar-refractivity contribution in [1.82, 2.24) is 5.32 Å².